The van der Waals surface area contributed by atoms with E-state index in [0.29, 0.717) is 5.02 Å². The van der Waals surface area contributed by atoms with Gasteiger partial charge in [-0.25, -0.2) is 9.18 Å². The summed E-state index contributed by atoms with van der Waals surface area (Å²) >= 11 is 6.31. The van der Waals surface area contributed by atoms with Crippen LogP contribution < -0.4 is 10.6 Å². The summed E-state index contributed by atoms with van der Waals surface area (Å²) < 4.78 is 25.0. The molecule has 2 amide bonds. The Kier molecular flexibility index (Phi) is 13.1. The maximum absolute atomic E-state index is 13.5. The van der Waals surface area contributed by atoms with E-state index < -0.39 is 47.4 Å². The van der Waals surface area contributed by atoms with Gasteiger partial charge in [-0.15, -0.1) is 0 Å². The number of amides is 2. The zero-order valence-electron chi connectivity index (χ0n) is 27.3. The van der Waals surface area contributed by atoms with Crippen LogP contribution in [0, 0.1) is 30.0 Å². The summed E-state index contributed by atoms with van der Waals surface area (Å²) in [4.78, 5) is 53.2. The zero-order chi connectivity index (χ0) is 34.0. The van der Waals surface area contributed by atoms with E-state index in [-0.39, 0.29) is 43.5 Å². The lowest BCUT2D eigenvalue weighted by Crippen LogP contribution is -2.51. The Morgan fingerprint density at radius 3 is 2.39 bits per heavy atom. The number of benzene rings is 2. The Balaban J connectivity index is 1.93. The van der Waals surface area contributed by atoms with E-state index in [1.54, 1.807) is 44.2 Å². The Morgan fingerprint density at radius 1 is 1.04 bits per heavy atom. The molecule has 46 heavy (non-hydrogen) atoms. The van der Waals surface area contributed by atoms with Crippen LogP contribution in [0.5, 0.6) is 0 Å². The first-order valence-corrected chi connectivity index (χ1v) is 15.9. The van der Waals surface area contributed by atoms with Crippen molar-refractivity contribution in [3.05, 3.63) is 88.2 Å². The molecule has 3 rings (SSSR count). The van der Waals surface area contributed by atoms with Crippen LogP contribution in [0.15, 0.2) is 60.7 Å². The molecule has 0 saturated heterocycles. The smallest absolute Gasteiger partial charge is 0.347 e. The molecule has 0 aliphatic carbocycles. The lowest BCUT2D eigenvalue weighted by Gasteiger charge is -2.29. The van der Waals surface area contributed by atoms with E-state index in [4.69, 9.17) is 21.1 Å². The van der Waals surface area contributed by atoms with Crippen LogP contribution >= 0.6 is 11.6 Å². The number of esters is 2. The summed E-state index contributed by atoms with van der Waals surface area (Å²) in [5.74, 6) is -3.05. The molecule has 2 aromatic carbocycles. The van der Waals surface area contributed by atoms with Crippen LogP contribution in [0.25, 0.3) is 6.08 Å². The molecule has 0 saturated carbocycles. The number of carbonyl (C=O) groups is 4. The number of aryl methyl sites for hydroxylation is 1. The molecular formula is C36H44ClFN2O6. The normalized spacial score (nSPS) is 22.9. The number of nitrogens with one attached hydrogen (secondary N) is 2. The quantitative estimate of drug-likeness (QED) is 0.347. The summed E-state index contributed by atoms with van der Waals surface area (Å²) in [6, 6.07) is 10.4. The third kappa shape index (κ3) is 11.1. The number of hydrogen-bond donors (Lipinski definition) is 2. The molecule has 4 atom stereocenters. The average Bonchev–Trinajstić information content (AvgIpc) is 2.99. The number of rotatable bonds is 7. The molecule has 0 aromatic heterocycles. The van der Waals surface area contributed by atoms with Gasteiger partial charge in [0.1, 0.15) is 18.0 Å². The summed E-state index contributed by atoms with van der Waals surface area (Å²) in [5.41, 5.74) is 1.19. The van der Waals surface area contributed by atoms with Gasteiger partial charge in [-0.2, -0.15) is 0 Å². The van der Waals surface area contributed by atoms with Crippen molar-refractivity contribution in [1.82, 2.24) is 10.6 Å². The van der Waals surface area contributed by atoms with Crippen LogP contribution in [-0.2, 0) is 35.1 Å². The van der Waals surface area contributed by atoms with Gasteiger partial charge in [0.15, 0.2) is 6.10 Å². The largest absolute Gasteiger partial charge is 0.459 e. The monoisotopic (exact) mass is 654 g/mol. The second kappa shape index (κ2) is 16.5. The Morgan fingerprint density at radius 2 is 1.74 bits per heavy atom. The molecular weight excluding hydrogens is 611 g/mol. The van der Waals surface area contributed by atoms with E-state index in [1.807, 2.05) is 45.9 Å². The molecule has 0 radical (unpaired) electrons. The van der Waals surface area contributed by atoms with Crippen LogP contribution in [0.4, 0.5) is 4.39 Å². The molecule has 0 bridgehead atoms. The maximum atomic E-state index is 13.5. The minimum atomic E-state index is -1.20. The molecule has 1 heterocycles. The summed E-state index contributed by atoms with van der Waals surface area (Å²) in [6.07, 6.45) is 5.17. The van der Waals surface area contributed by atoms with E-state index in [0.717, 1.165) is 16.7 Å². The molecule has 0 fully saturated rings. The van der Waals surface area contributed by atoms with Crippen LogP contribution in [0.1, 0.15) is 64.2 Å². The number of hydrogen-bond acceptors (Lipinski definition) is 6. The van der Waals surface area contributed by atoms with Gasteiger partial charge in [0.2, 0.25) is 11.8 Å². The Labute approximate surface area is 275 Å². The summed E-state index contributed by atoms with van der Waals surface area (Å²) in [5, 5.41) is 6.06. The first-order valence-electron chi connectivity index (χ1n) is 15.5. The number of cyclic esters (lactones) is 2. The minimum Gasteiger partial charge on any atom is -0.459 e. The van der Waals surface area contributed by atoms with Crippen LogP contribution in [0.3, 0.4) is 0 Å². The highest BCUT2D eigenvalue weighted by Gasteiger charge is 2.37. The Bertz CT molecular complexity index is 1450. The molecule has 10 heteroatoms. The topological polar surface area (TPSA) is 111 Å². The van der Waals surface area contributed by atoms with Gasteiger partial charge in [0.05, 0.1) is 5.41 Å². The second-order valence-electron chi connectivity index (χ2n) is 12.9. The highest BCUT2D eigenvalue weighted by atomic mass is 35.5. The first-order chi connectivity index (χ1) is 21.6. The fraction of sp³-hybridized carbons (Fsp3) is 0.444. The number of ether oxygens (including phenoxy) is 2. The lowest BCUT2D eigenvalue weighted by molar-refractivity contribution is -0.178. The molecule has 0 unspecified atom stereocenters. The summed E-state index contributed by atoms with van der Waals surface area (Å²) in [7, 11) is 0. The molecule has 2 aromatic rings. The van der Waals surface area contributed by atoms with Crippen molar-refractivity contribution in [2.24, 2.45) is 17.3 Å². The average molecular weight is 655 g/mol. The van der Waals surface area contributed by atoms with Crippen molar-refractivity contribution in [2.45, 2.75) is 79.1 Å². The predicted octanol–water partition coefficient (Wildman–Crippen LogP) is 6.14. The van der Waals surface area contributed by atoms with Crippen molar-refractivity contribution < 1.29 is 33.0 Å². The minimum absolute atomic E-state index is 0.00707. The third-order valence-electron chi connectivity index (χ3n) is 7.72. The van der Waals surface area contributed by atoms with E-state index in [1.165, 1.54) is 18.2 Å². The standard InChI is InChI=1S/C36H44ClFN2O6/c1-22(2)18-31-34(43)45-30(24(4)11-12-25-14-16-27(38)17-15-25)8-7-9-32(41)40-29(20-26-13-10-23(3)28(37)19-26)33(42)39-21-36(5,6)35(44)46-31/h7,9-17,19,22,24,29-31H,8,18,20-21H2,1-6H3,(H,39,42)(H,40,41)/b9-7+,12-11+/t24-,29-,30+,31+/m1/s1. The van der Waals surface area contributed by atoms with Gasteiger partial charge < -0.3 is 20.1 Å². The zero-order valence-corrected chi connectivity index (χ0v) is 28.0. The lowest BCUT2D eigenvalue weighted by atomic mass is 9.93. The van der Waals surface area contributed by atoms with E-state index >= 15 is 0 Å². The van der Waals surface area contributed by atoms with Crippen LogP contribution in [0.2, 0.25) is 5.02 Å². The molecule has 0 spiro atoms. The molecule has 248 valence electrons. The van der Waals surface area contributed by atoms with Gasteiger partial charge >= 0.3 is 11.9 Å². The number of carbonyl (C=O) groups excluding carboxylic acids is 4. The summed E-state index contributed by atoms with van der Waals surface area (Å²) in [6.45, 7) is 10.6. The van der Waals surface area contributed by atoms with Crippen molar-refractivity contribution in [3.63, 3.8) is 0 Å². The van der Waals surface area contributed by atoms with Gasteiger partial charge in [0, 0.05) is 30.3 Å². The fourth-order valence-corrected chi connectivity index (χ4v) is 4.91. The molecule has 2 N–H and O–H groups in total. The van der Waals surface area contributed by atoms with Crippen molar-refractivity contribution in [2.75, 3.05) is 6.54 Å². The molecule has 1 aliphatic rings. The predicted molar refractivity (Wildman–Crippen MR) is 176 cm³/mol. The first kappa shape index (κ1) is 36.5. The van der Waals surface area contributed by atoms with E-state index in [2.05, 4.69) is 10.6 Å². The van der Waals surface area contributed by atoms with Gasteiger partial charge in [-0.3, -0.25) is 14.4 Å². The second-order valence-corrected chi connectivity index (χ2v) is 13.3. The van der Waals surface area contributed by atoms with Crippen molar-refractivity contribution >= 4 is 41.4 Å². The SMILES string of the molecule is Cc1ccc(C[C@H]2NC(=O)/C=C/C[C@@H]([C@H](C)/C=C/c3ccc(F)cc3)OC(=O)[C@H](CC(C)C)OC(=O)C(C)(C)CNC2=O)cc1Cl. The van der Waals surface area contributed by atoms with E-state index in [9.17, 15) is 23.6 Å². The molecule has 1 aliphatic heterocycles. The van der Waals surface area contributed by atoms with Gasteiger partial charge in [0.25, 0.3) is 0 Å². The van der Waals surface area contributed by atoms with Crippen molar-refractivity contribution in [3.8, 4) is 0 Å². The number of halogens is 2. The highest BCUT2D eigenvalue weighted by Crippen LogP contribution is 2.24. The fourth-order valence-electron chi connectivity index (χ4n) is 4.71. The van der Waals surface area contributed by atoms with Crippen molar-refractivity contribution in [1.29, 1.82) is 0 Å². The highest BCUT2D eigenvalue weighted by molar-refractivity contribution is 6.31. The van der Waals surface area contributed by atoms with Gasteiger partial charge in [-0.1, -0.05) is 74.9 Å². The molecule has 8 nitrogen and oxygen atoms in total. The maximum Gasteiger partial charge on any atom is 0.347 e. The van der Waals surface area contributed by atoms with Crippen LogP contribution in [-0.4, -0.2) is 48.5 Å². The Hall–Kier alpha value is -3.98. The third-order valence-corrected chi connectivity index (χ3v) is 8.12. The van der Waals surface area contributed by atoms with Gasteiger partial charge in [-0.05, 0) is 74.1 Å².